The number of carbonyl (C=O) groups excluding carboxylic acids is 3. The van der Waals surface area contributed by atoms with E-state index in [0.29, 0.717) is 16.8 Å². The number of benzene rings is 2. The number of anilines is 1. The molecule has 0 aliphatic carbocycles. The number of halogens is 1. The first-order chi connectivity index (χ1) is 13.9. The number of fused-ring (bicyclic) bond motifs is 3. The van der Waals surface area contributed by atoms with Gasteiger partial charge < -0.3 is 9.64 Å². The Morgan fingerprint density at radius 2 is 1.83 bits per heavy atom. The van der Waals surface area contributed by atoms with Gasteiger partial charge in [-0.3, -0.25) is 14.5 Å². The van der Waals surface area contributed by atoms with Crippen molar-refractivity contribution in [3.63, 3.8) is 0 Å². The van der Waals surface area contributed by atoms with E-state index in [0.717, 1.165) is 0 Å². The molecule has 1 atom stereocenters. The minimum Gasteiger partial charge on any atom is -0.458 e. The smallest absolute Gasteiger partial charge is 0.354 e. The third kappa shape index (κ3) is 2.88. The molecular formula is C22H21FN2O4. The summed E-state index contributed by atoms with van der Waals surface area (Å²) in [7, 11) is 0. The number of carbonyl (C=O) groups is 3. The lowest BCUT2D eigenvalue weighted by Gasteiger charge is -2.50. The minimum absolute atomic E-state index is 0.0787. The van der Waals surface area contributed by atoms with Crippen molar-refractivity contribution >= 4 is 23.5 Å². The monoisotopic (exact) mass is 396 g/mol. The summed E-state index contributed by atoms with van der Waals surface area (Å²) in [6.07, 6.45) is 0.294. The number of hydrogen-bond acceptors (Lipinski definition) is 4. The molecule has 7 heteroatoms. The van der Waals surface area contributed by atoms with Crippen LogP contribution in [0.25, 0.3) is 0 Å². The number of esters is 1. The van der Waals surface area contributed by atoms with E-state index in [9.17, 15) is 18.8 Å². The van der Waals surface area contributed by atoms with E-state index in [2.05, 4.69) is 0 Å². The van der Waals surface area contributed by atoms with Crippen molar-refractivity contribution in [2.24, 2.45) is 0 Å². The number of hydrogen-bond donors (Lipinski definition) is 0. The van der Waals surface area contributed by atoms with Crippen LogP contribution in [0.5, 0.6) is 0 Å². The zero-order valence-corrected chi connectivity index (χ0v) is 16.2. The van der Waals surface area contributed by atoms with E-state index >= 15 is 0 Å². The maximum Gasteiger partial charge on any atom is 0.354 e. The Labute approximate surface area is 167 Å². The van der Waals surface area contributed by atoms with Gasteiger partial charge in [-0.25, -0.2) is 9.18 Å². The molecule has 2 aromatic rings. The third-order valence-corrected chi connectivity index (χ3v) is 5.43. The Balaban J connectivity index is 1.75. The Bertz CT molecular complexity index is 989. The molecule has 6 nitrogen and oxygen atoms in total. The van der Waals surface area contributed by atoms with E-state index < -0.39 is 11.6 Å². The molecular weight excluding hydrogens is 375 g/mol. The standard InChI is InChI=1S/C22H21FN2O4/c1-14(2)24-20(27)17-5-3-4-6-18(17)25-19(26)11-12-22(24,25)21(28)29-13-15-7-9-16(23)10-8-15/h3-10,14H,11-13H2,1-2H3. The lowest BCUT2D eigenvalue weighted by atomic mass is 9.95. The molecule has 29 heavy (non-hydrogen) atoms. The number of nitrogens with zero attached hydrogens (tertiary/aromatic N) is 2. The normalized spacial score (nSPS) is 20.7. The molecule has 2 aliphatic heterocycles. The Kier molecular flexibility index (Phi) is 4.61. The first-order valence-corrected chi connectivity index (χ1v) is 9.53. The second-order valence-electron chi connectivity index (χ2n) is 7.53. The van der Waals surface area contributed by atoms with E-state index in [1.165, 1.54) is 34.1 Å². The van der Waals surface area contributed by atoms with Gasteiger partial charge in [0.05, 0.1) is 11.3 Å². The second-order valence-corrected chi connectivity index (χ2v) is 7.53. The molecule has 4 rings (SSSR count). The van der Waals surface area contributed by atoms with Gasteiger partial charge in [-0.05, 0) is 43.7 Å². The van der Waals surface area contributed by atoms with Crippen LogP contribution in [0.15, 0.2) is 48.5 Å². The molecule has 0 radical (unpaired) electrons. The van der Waals surface area contributed by atoms with Gasteiger partial charge in [-0.1, -0.05) is 24.3 Å². The quantitative estimate of drug-likeness (QED) is 0.744. The summed E-state index contributed by atoms with van der Waals surface area (Å²) < 4.78 is 18.7. The van der Waals surface area contributed by atoms with E-state index in [4.69, 9.17) is 4.74 Å². The zero-order chi connectivity index (χ0) is 20.8. The van der Waals surface area contributed by atoms with Crippen LogP contribution in [-0.4, -0.2) is 34.4 Å². The molecule has 2 aromatic carbocycles. The van der Waals surface area contributed by atoms with Crippen molar-refractivity contribution in [3.05, 3.63) is 65.5 Å². The first kappa shape index (κ1) is 19.1. The van der Waals surface area contributed by atoms with Gasteiger partial charge in [0.25, 0.3) is 5.91 Å². The van der Waals surface area contributed by atoms with Gasteiger partial charge >= 0.3 is 5.97 Å². The Hall–Kier alpha value is -3.22. The van der Waals surface area contributed by atoms with Crippen molar-refractivity contribution in [1.29, 1.82) is 0 Å². The fourth-order valence-corrected chi connectivity index (χ4v) is 4.22. The van der Waals surface area contributed by atoms with Crippen LogP contribution in [-0.2, 0) is 20.9 Å². The highest BCUT2D eigenvalue weighted by Gasteiger charge is 2.62. The number of ether oxygens (including phenoxy) is 1. The number of amides is 2. The van der Waals surface area contributed by atoms with Gasteiger partial charge in [-0.15, -0.1) is 0 Å². The molecule has 1 fully saturated rings. The van der Waals surface area contributed by atoms with Crippen LogP contribution in [0.4, 0.5) is 10.1 Å². The molecule has 2 aliphatic rings. The van der Waals surface area contributed by atoms with Crippen molar-refractivity contribution in [1.82, 2.24) is 4.90 Å². The van der Waals surface area contributed by atoms with Gasteiger partial charge in [0, 0.05) is 18.9 Å². The molecule has 0 aromatic heterocycles. The van der Waals surface area contributed by atoms with E-state index in [1.807, 2.05) is 13.8 Å². The summed E-state index contributed by atoms with van der Waals surface area (Å²) in [6, 6.07) is 12.1. The van der Waals surface area contributed by atoms with Crippen LogP contribution in [0.2, 0.25) is 0 Å². The average molecular weight is 396 g/mol. The highest BCUT2D eigenvalue weighted by molar-refractivity contribution is 6.15. The maximum absolute atomic E-state index is 13.4. The minimum atomic E-state index is -1.52. The molecule has 1 saturated heterocycles. The van der Waals surface area contributed by atoms with Crippen molar-refractivity contribution in [2.75, 3.05) is 4.90 Å². The molecule has 1 unspecified atom stereocenters. The summed E-state index contributed by atoms with van der Waals surface area (Å²) in [5, 5.41) is 0. The van der Waals surface area contributed by atoms with Gasteiger partial charge in [-0.2, -0.15) is 0 Å². The first-order valence-electron chi connectivity index (χ1n) is 9.53. The van der Waals surface area contributed by atoms with Gasteiger partial charge in [0.1, 0.15) is 12.4 Å². The number of rotatable bonds is 4. The van der Waals surface area contributed by atoms with Crippen LogP contribution < -0.4 is 4.90 Å². The Morgan fingerprint density at radius 3 is 2.52 bits per heavy atom. The molecule has 150 valence electrons. The summed E-state index contributed by atoms with van der Waals surface area (Å²) in [5.74, 6) is -1.58. The fourth-order valence-electron chi connectivity index (χ4n) is 4.22. The predicted octanol–water partition coefficient (Wildman–Crippen LogP) is 3.26. The summed E-state index contributed by atoms with van der Waals surface area (Å²) in [5.41, 5.74) is -0.0869. The summed E-state index contributed by atoms with van der Waals surface area (Å²) in [4.78, 5) is 42.3. The predicted molar refractivity (Wildman–Crippen MR) is 103 cm³/mol. The average Bonchev–Trinajstić information content (AvgIpc) is 3.05. The van der Waals surface area contributed by atoms with Crippen LogP contribution in [0, 0.1) is 5.82 Å². The molecule has 0 saturated carbocycles. The van der Waals surface area contributed by atoms with Crippen LogP contribution in [0.3, 0.4) is 0 Å². The lowest BCUT2D eigenvalue weighted by Crippen LogP contribution is -2.70. The molecule has 2 amide bonds. The maximum atomic E-state index is 13.4. The summed E-state index contributed by atoms with van der Waals surface area (Å²) in [6.45, 7) is 3.54. The zero-order valence-electron chi connectivity index (χ0n) is 16.2. The highest BCUT2D eigenvalue weighted by atomic mass is 19.1. The topological polar surface area (TPSA) is 66.9 Å². The van der Waals surface area contributed by atoms with Crippen molar-refractivity contribution < 1.29 is 23.5 Å². The number of para-hydroxylation sites is 1. The molecule has 0 N–H and O–H groups in total. The molecule has 2 heterocycles. The van der Waals surface area contributed by atoms with Crippen molar-refractivity contribution in [2.45, 2.75) is 45.0 Å². The fraction of sp³-hybridized carbons (Fsp3) is 0.318. The van der Waals surface area contributed by atoms with E-state index in [-0.39, 0.29) is 43.1 Å². The van der Waals surface area contributed by atoms with Gasteiger partial charge in [0.15, 0.2) is 0 Å². The van der Waals surface area contributed by atoms with Crippen LogP contribution in [0.1, 0.15) is 42.6 Å². The van der Waals surface area contributed by atoms with Gasteiger partial charge in [0.2, 0.25) is 11.6 Å². The second kappa shape index (κ2) is 6.99. The molecule has 0 spiro atoms. The van der Waals surface area contributed by atoms with E-state index in [1.54, 1.807) is 24.3 Å². The summed E-state index contributed by atoms with van der Waals surface area (Å²) >= 11 is 0. The Morgan fingerprint density at radius 1 is 1.14 bits per heavy atom. The van der Waals surface area contributed by atoms with Crippen molar-refractivity contribution in [3.8, 4) is 0 Å². The lowest BCUT2D eigenvalue weighted by molar-refractivity contribution is -0.159. The molecule has 0 bridgehead atoms. The third-order valence-electron chi connectivity index (χ3n) is 5.43. The highest BCUT2D eigenvalue weighted by Crippen LogP contribution is 2.46. The SMILES string of the molecule is CC(C)N1C(=O)c2ccccc2N2C(=O)CCC21C(=O)OCc1ccc(F)cc1. The van der Waals surface area contributed by atoms with Crippen LogP contribution >= 0.6 is 0 Å². The largest absolute Gasteiger partial charge is 0.458 e.